The molecule has 0 heterocycles. The van der Waals surface area contributed by atoms with Crippen molar-refractivity contribution < 1.29 is 57.2 Å². The molecule has 0 aliphatic heterocycles. The lowest BCUT2D eigenvalue weighted by Crippen LogP contribution is -2.39. The maximum Gasteiger partial charge on any atom is 0.333 e. The molecule has 0 spiro atoms. The predicted molar refractivity (Wildman–Crippen MR) is 166 cm³/mol. The van der Waals surface area contributed by atoms with E-state index in [-0.39, 0.29) is 62.8 Å². The van der Waals surface area contributed by atoms with E-state index >= 15 is 0 Å². The fourth-order valence-corrected chi connectivity index (χ4v) is 3.14. The van der Waals surface area contributed by atoms with Crippen molar-refractivity contribution in [1.82, 2.24) is 16.0 Å². The molecule has 3 amide bonds. The number of amides is 3. The third kappa shape index (κ3) is 20.8. The van der Waals surface area contributed by atoms with Crippen LogP contribution in [0.25, 0.3) is 0 Å². The van der Waals surface area contributed by atoms with E-state index in [0.29, 0.717) is 26.0 Å². The molecule has 0 aliphatic rings. The van der Waals surface area contributed by atoms with Crippen LogP contribution in [0.2, 0.25) is 0 Å². The zero-order chi connectivity index (χ0) is 35.0. The van der Waals surface area contributed by atoms with Gasteiger partial charge in [0.1, 0.15) is 0 Å². The first-order valence-electron chi connectivity index (χ1n) is 14.7. The zero-order valence-corrected chi connectivity index (χ0v) is 27.4. The van der Waals surface area contributed by atoms with Gasteiger partial charge in [-0.3, -0.25) is 14.4 Å². The van der Waals surface area contributed by atoms with E-state index in [2.05, 4.69) is 35.7 Å². The second kappa shape index (κ2) is 24.2. The van der Waals surface area contributed by atoms with Crippen LogP contribution in [-0.4, -0.2) is 115 Å². The molecule has 0 aromatic rings. The van der Waals surface area contributed by atoms with Gasteiger partial charge in [0.25, 0.3) is 17.7 Å². The lowest BCUT2D eigenvalue weighted by atomic mass is 9.88. The summed E-state index contributed by atoms with van der Waals surface area (Å²) in [7, 11) is 0. The zero-order valence-electron chi connectivity index (χ0n) is 27.4. The molecular formula is C31H49N3O12. The Kier molecular flexibility index (Phi) is 22.0. The molecule has 0 aromatic carbocycles. The van der Waals surface area contributed by atoms with E-state index in [1.165, 1.54) is 20.8 Å². The van der Waals surface area contributed by atoms with E-state index in [4.69, 9.17) is 28.4 Å². The monoisotopic (exact) mass is 655 g/mol. The summed E-state index contributed by atoms with van der Waals surface area (Å²) >= 11 is 0. The lowest BCUT2D eigenvalue weighted by Gasteiger charge is -2.32. The van der Waals surface area contributed by atoms with Gasteiger partial charge >= 0.3 is 17.9 Å². The van der Waals surface area contributed by atoms with Gasteiger partial charge in [-0.2, -0.15) is 0 Å². The van der Waals surface area contributed by atoms with Crippen molar-refractivity contribution in [2.45, 2.75) is 40.5 Å². The molecule has 0 bridgehead atoms. The van der Waals surface area contributed by atoms with Gasteiger partial charge < -0.3 is 44.4 Å². The Morgan fingerprint density at radius 2 is 0.870 bits per heavy atom. The molecule has 0 rings (SSSR count). The Labute approximate surface area is 270 Å². The normalized spacial score (nSPS) is 10.7. The van der Waals surface area contributed by atoms with E-state index in [1.54, 1.807) is 0 Å². The molecule has 3 N–H and O–H groups in total. The number of hydrogen-bond acceptors (Lipinski definition) is 12. The lowest BCUT2D eigenvalue weighted by molar-refractivity contribution is -0.145. The molecule has 0 unspecified atom stereocenters. The van der Waals surface area contributed by atoms with Gasteiger partial charge in [0.05, 0.1) is 33.0 Å². The second-order valence-corrected chi connectivity index (χ2v) is 10.5. The molecule has 0 radical (unpaired) electrons. The first-order chi connectivity index (χ1) is 21.7. The Morgan fingerprint density at radius 1 is 0.543 bits per heavy atom. The van der Waals surface area contributed by atoms with E-state index in [9.17, 15) is 28.8 Å². The minimum Gasteiger partial charge on any atom is -0.452 e. The van der Waals surface area contributed by atoms with Crippen molar-refractivity contribution in [3.05, 3.63) is 36.5 Å². The summed E-state index contributed by atoms with van der Waals surface area (Å²) in [4.78, 5) is 69.8. The van der Waals surface area contributed by atoms with Crippen molar-refractivity contribution in [3.8, 4) is 0 Å². The molecule has 260 valence electrons. The summed E-state index contributed by atoms with van der Waals surface area (Å²) in [5, 5.41) is 7.83. The highest BCUT2D eigenvalue weighted by Crippen LogP contribution is 2.24. The molecular weight excluding hydrogens is 606 g/mol. The highest BCUT2D eigenvalue weighted by atomic mass is 16.5. The van der Waals surface area contributed by atoms with Crippen molar-refractivity contribution >= 4 is 35.6 Å². The fourth-order valence-electron chi connectivity index (χ4n) is 3.14. The second-order valence-electron chi connectivity index (χ2n) is 10.5. The predicted octanol–water partition coefficient (Wildman–Crippen LogP) is 0.529. The Balaban J connectivity index is 4.74. The molecule has 15 heteroatoms. The van der Waals surface area contributed by atoms with Gasteiger partial charge in [-0.25, -0.2) is 14.4 Å². The molecule has 0 saturated carbocycles. The van der Waals surface area contributed by atoms with E-state index in [0.717, 1.165) is 0 Å². The topological polar surface area (TPSA) is 194 Å². The minimum atomic E-state index is -0.656. The van der Waals surface area contributed by atoms with Crippen LogP contribution in [0.5, 0.6) is 0 Å². The van der Waals surface area contributed by atoms with Crippen molar-refractivity contribution in [3.63, 3.8) is 0 Å². The van der Waals surface area contributed by atoms with Gasteiger partial charge in [-0.05, 0) is 33.6 Å². The van der Waals surface area contributed by atoms with Crippen LogP contribution in [0.1, 0.15) is 40.5 Å². The maximum atomic E-state index is 11.9. The van der Waals surface area contributed by atoms with Crippen molar-refractivity contribution in [2.75, 3.05) is 79.1 Å². The van der Waals surface area contributed by atoms with Gasteiger partial charge in [-0.1, -0.05) is 26.7 Å². The van der Waals surface area contributed by atoms with Crippen LogP contribution in [-0.2, 0) is 57.2 Å². The standard InChI is InChI=1S/C31H49N3O12/c1-8-31(20-42-14-11-33-26(36)17-45-29(39)23(4)5,21-43-15-12-34-27(37)18-46-30(40)24(6)7)19-41-13-9-10-32-25(35)16-44-28(38)22(2)3/h2,4,6,8-21H2,1,3,5,7H3,(H,32,35)(H,33,36)(H,34,37). The average Bonchev–Trinajstić information content (AvgIpc) is 3.01. The van der Waals surface area contributed by atoms with Crippen LogP contribution in [0, 0.1) is 5.41 Å². The van der Waals surface area contributed by atoms with Crippen LogP contribution < -0.4 is 16.0 Å². The Bertz CT molecular complexity index is 1020. The van der Waals surface area contributed by atoms with Crippen LogP contribution in [0.4, 0.5) is 0 Å². The maximum absolute atomic E-state index is 11.9. The van der Waals surface area contributed by atoms with E-state index < -0.39 is 60.9 Å². The van der Waals surface area contributed by atoms with Crippen LogP contribution in [0.3, 0.4) is 0 Å². The van der Waals surface area contributed by atoms with E-state index in [1.807, 2.05) is 6.92 Å². The number of nitrogens with one attached hydrogen (secondary N) is 3. The quantitative estimate of drug-likeness (QED) is 0.0507. The highest BCUT2D eigenvalue weighted by molar-refractivity contribution is 5.90. The first-order valence-corrected chi connectivity index (χ1v) is 14.7. The Hall–Kier alpha value is -4.08. The number of carbonyl (C=O) groups is 6. The van der Waals surface area contributed by atoms with Crippen molar-refractivity contribution in [2.24, 2.45) is 5.41 Å². The van der Waals surface area contributed by atoms with Gasteiger partial charge in [-0.15, -0.1) is 0 Å². The number of rotatable bonds is 26. The largest absolute Gasteiger partial charge is 0.452 e. The number of esters is 3. The summed E-state index contributed by atoms with van der Waals surface area (Å²) in [5.74, 6) is -3.36. The SMILES string of the molecule is C=C(C)C(=O)OCC(=O)NCCCOCC(CC)(COCCNC(=O)COC(=O)C(=C)C)COCCNC(=O)COC(=O)C(=C)C. The molecule has 0 atom stereocenters. The van der Waals surface area contributed by atoms with Crippen LogP contribution in [0.15, 0.2) is 36.5 Å². The fraction of sp³-hybridized carbons (Fsp3) is 0.613. The molecule has 0 aromatic heterocycles. The third-order valence-electron chi connectivity index (χ3n) is 5.95. The highest BCUT2D eigenvalue weighted by Gasteiger charge is 2.30. The summed E-state index contributed by atoms with van der Waals surface area (Å²) in [6.45, 7) is 17.5. The summed E-state index contributed by atoms with van der Waals surface area (Å²) in [5.41, 5.74) is -0.00268. The smallest absolute Gasteiger partial charge is 0.333 e. The third-order valence-corrected chi connectivity index (χ3v) is 5.95. The Morgan fingerprint density at radius 3 is 1.20 bits per heavy atom. The number of carbonyl (C=O) groups excluding carboxylic acids is 6. The first kappa shape index (κ1) is 41.9. The van der Waals surface area contributed by atoms with Gasteiger partial charge in [0, 0.05) is 48.4 Å². The summed E-state index contributed by atoms with van der Waals surface area (Å²) in [6.07, 6.45) is 1.09. The molecule has 46 heavy (non-hydrogen) atoms. The minimum absolute atomic E-state index is 0.170. The van der Waals surface area contributed by atoms with Crippen molar-refractivity contribution in [1.29, 1.82) is 0 Å². The molecule has 0 aliphatic carbocycles. The summed E-state index contributed by atoms with van der Waals surface area (Å²) < 4.78 is 31.9. The molecule has 0 saturated heterocycles. The summed E-state index contributed by atoms with van der Waals surface area (Å²) in [6, 6.07) is 0. The van der Waals surface area contributed by atoms with Gasteiger partial charge in [0.2, 0.25) is 0 Å². The average molecular weight is 656 g/mol. The number of ether oxygens (including phenoxy) is 6. The van der Waals surface area contributed by atoms with Crippen LogP contribution >= 0.6 is 0 Å². The molecule has 0 fully saturated rings. The number of hydrogen-bond donors (Lipinski definition) is 3. The molecule has 15 nitrogen and oxygen atoms in total. The van der Waals surface area contributed by atoms with Gasteiger partial charge in [0.15, 0.2) is 19.8 Å².